The van der Waals surface area contributed by atoms with Gasteiger partial charge in [-0.25, -0.2) is 18.1 Å². The van der Waals surface area contributed by atoms with Crippen molar-refractivity contribution >= 4 is 31.6 Å². The highest BCUT2D eigenvalue weighted by Crippen LogP contribution is 2.32. The molecule has 8 heteroatoms. The van der Waals surface area contributed by atoms with Crippen LogP contribution in [0.25, 0.3) is 10.2 Å². The number of nitrogens with one attached hydrogen (secondary N) is 1. The molecule has 4 aromatic rings. The average Bonchev–Trinajstić information content (AvgIpc) is 3.22. The van der Waals surface area contributed by atoms with E-state index in [4.69, 9.17) is 4.74 Å². The molecule has 0 amide bonds. The lowest BCUT2D eigenvalue weighted by molar-refractivity contribution is 0.415. The molecule has 3 aromatic carbocycles. The zero-order chi connectivity index (χ0) is 21.8. The van der Waals surface area contributed by atoms with Crippen LogP contribution in [0.3, 0.4) is 0 Å². The first-order valence-corrected chi connectivity index (χ1v) is 11.8. The van der Waals surface area contributed by atoms with Crippen molar-refractivity contribution < 1.29 is 13.2 Å². The van der Waals surface area contributed by atoms with Crippen molar-refractivity contribution in [3.63, 3.8) is 0 Å². The Morgan fingerprint density at radius 2 is 1.90 bits per heavy atom. The summed E-state index contributed by atoms with van der Waals surface area (Å²) in [5.41, 5.74) is 2.14. The minimum Gasteiger partial charge on any atom is -0.497 e. The first-order valence-electron chi connectivity index (χ1n) is 9.49. The molecule has 1 atom stereocenters. The summed E-state index contributed by atoms with van der Waals surface area (Å²) in [6.07, 6.45) is 0.360. The number of aromatic nitrogens is 1. The molecule has 1 aromatic heterocycles. The lowest BCUT2D eigenvalue weighted by atomic mass is 10.0. The molecule has 0 aliphatic carbocycles. The Balaban J connectivity index is 1.74. The molecule has 1 N–H and O–H groups in total. The zero-order valence-corrected chi connectivity index (χ0v) is 18.3. The molecule has 0 bridgehead atoms. The normalized spacial score (nSPS) is 12.4. The maximum absolute atomic E-state index is 13.0. The summed E-state index contributed by atoms with van der Waals surface area (Å²) in [4.78, 5) is 4.86. The fourth-order valence-corrected chi connectivity index (χ4v) is 5.58. The van der Waals surface area contributed by atoms with Crippen LogP contribution in [0, 0.1) is 11.3 Å². The largest absolute Gasteiger partial charge is 0.497 e. The minimum atomic E-state index is -3.77. The highest BCUT2D eigenvalue weighted by Gasteiger charge is 2.24. The molecular weight excluding hydrogens is 430 g/mol. The Kier molecular flexibility index (Phi) is 6.00. The first-order chi connectivity index (χ1) is 15.0. The Labute approximate surface area is 184 Å². The average molecular weight is 450 g/mol. The number of rotatable bonds is 7. The summed E-state index contributed by atoms with van der Waals surface area (Å²) in [5.74, 6) is 0.714. The summed E-state index contributed by atoms with van der Waals surface area (Å²) < 4.78 is 35.1. The maximum Gasteiger partial charge on any atom is 0.241 e. The van der Waals surface area contributed by atoms with Crippen molar-refractivity contribution in [2.75, 3.05) is 7.11 Å². The zero-order valence-electron chi connectivity index (χ0n) is 16.6. The molecule has 0 saturated carbocycles. The molecule has 0 fully saturated rings. The van der Waals surface area contributed by atoms with Gasteiger partial charge in [-0.2, -0.15) is 5.26 Å². The summed E-state index contributed by atoms with van der Waals surface area (Å²) in [7, 11) is -2.17. The number of nitrogens with zero attached hydrogens (tertiary/aromatic N) is 2. The van der Waals surface area contributed by atoms with Gasteiger partial charge in [0.05, 0.1) is 39.9 Å². The van der Waals surface area contributed by atoms with E-state index in [9.17, 15) is 13.7 Å². The Bertz CT molecular complexity index is 1360. The van der Waals surface area contributed by atoms with E-state index >= 15 is 0 Å². The Hall–Kier alpha value is -3.25. The molecule has 0 radical (unpaired) electrons. The van der Waals surface area contributed by atoms with Gasteiger partial charge in [-0.1, -0.05) is 30.3 Å². The number of methoxy groups -OCH3 is 1. The number of nitriles is 1. The minimum absolute atomic E-state index is 0.188. The Morgan fingerprint density at radius 1 is 1.10 bits per heavy atom. The smallest absolute Gasteiger partial charge is 0.241 e. The molecule has 1 heterocycles. The first kappa shape index (κ1) is 21.0. The van der Waals surface area contributed by atoms with Crippen LogP contribution in [-0.4, -0.2) is 20.5 Å². The van der Waals surface area contributed by atoms with E-state index < -0.39 is 16.1 Å². The van der Waals surface area contributed by atoms with Crippen molar-refractivity contribution in [1.29, 1.82) is 5.26 Å². The van der Waals surface area contributed by atoms with Crippen molar-refractivity contribution in [3.05, 3.63) is 88.9 Å². The monoisotopic (exact) mass is 449 g/mol. The third-order valence-corrected chi connectivity index (χ3v) is 7.38. The Morgan fingerprint density at radius 3 is 2.65 bits per heavy atom. The van der Waals surface area contributed by atoms with Gasteiger partial charge in [-0.05, 0) is 54.4 Å². The number of benzene rings is 3. The number of hydrogen-bond donors (Lipinski definition) is 1. The third-order valence-electron chi connectivity index (χ3n) is 4.76. The van der Waals surface area contributed by atoms with Crippen molar-refractivity contribution in [2.24, 2.45) is 0 Å². The SMILES string of the molecule is COc1ccc2nc(C(Cc3cccc(C#N)c3)NS(=O)(=O)c3ccccc3)sc2c1. The van der Waals surface area contributed by atoms with Gasteiger partial charge in [0.2, 0.25) is 10.0 Å². The van der Waals surface area contributed by atoms with Gasteiger partial charge in [0.15, 0.2) is 0 Å². The number of ether oxygens (including phenoxy) is 1. The molecule has 0 aliphatic heterocycles. The van der Waals surface area contributed by atoms with E-state index in [1.807, 2.05) is 24.3 Å². The summed E-state index contributed by atoms with van der Waals surface area (Å²) in [5, 5.41) is 9.85. The van der Waals surface area contributed by atoms with Crippen LogP contribution in [0.2, 0.25) is 0 Å². The van der Waals surface area contributed by atoms with Gasteiger partial charge in [0.1, 0.15) is 10.8 Å². The maximum atomic E-state index is 13.0. The van der Waals surface area contributed by atoms with Gasteiger partial charge in [-0.3, -0.25) is 0 Å². The second kappa shape index (κ2) is 8.86. The molecule has 0 spiro atoms. The lowest BCUT2D eigenvalue weighted by Crippen LogP contribution is -2.30. The van der Waals surface area contributed by atoms with Gasteiger partial charge < -0.3 is 4.74 Å². The van der Waals surface area contributed by atoms with Crippen molar-refractivity contribution in [3.8, 4) is 11.8 Å². The van der Waals surface area contributed by atoms with Crippen LogP contribution in [0.4, 0.5) is 0 Å². The van der Waals surface area contributed by atoms with Crippen LogP contribution in [0.5, 0.6) is 5.75 Å². The van der Waals surface area contributed by atoms with Crippen LogP contribution in [0.1, 0.15) is 22.2 Å². The van der Waals surface area contributed by atoms with Crippen molar-refractivity contribution in [2.45, 2.75) is 17.4 Å². The van der Waals surface area contributed by atoms with Gasteiger partial charge in [-0.15, -0.1) is 11.3 Å². The summed E-state index contributed by atoms with van der Waals surface area (Å²) in [6.45, 7) is 0. The van der Waals surface area contributed by atoms with E-state index in [1.54, 1.807) is 55.6 Å². The number of sulfonamides is 1. The van der Waals surface area contributed by atoms with Crippen LogP contribution < -0.4 is 9.46 Å². The molecule has 156 valence electrons. The fourth-order valence-electron chi connectivity index (χ4n) is 3.24. The van der Waals surface area contributed by atoms with Crippen LogP contribution in [0.15, 0.2) is 77.7 Å². The van der Waals surface area contributed by atoms with Gasteiger partial charge in [0.25, 0.3) is 0 Å². The summed E-state index contributed by atoms with van der Waals surface area (Å²) >= 11 is 1.42. The van der Waals surface area contributed by atoms with E-state index in [1.165, 1.54) is 11.3 Å². The molecule has 4 rings (SSSR count). The highest BCUT2D eigenvalue weighted by molar-refractivity contribution is 7.89. The quantitative estimate of drug-likeness (QED) is 0.450. The predicted octanol–water partition coefficient (Wildman–Crippen LogP) is 4.44. The highest BCUT2D eigenvalue weighted by atomic mass is 32.2. The van der Waals surface area contributed by atoms with Crippen molar-refractivity contribution in [1.82, 2.24) is 9.71 Å². The molecule has 0 saturated heterocycles. The third kappa shape index (κ3) is 4.75. The van der Waals surface area contributed by atoms with E-state index in [0.717, 1.165) is 15.8 Å². The lowest BCUT2D eigenvalue weighted by Gasteiger charge is -2.17. The van der Waals surface area contributed by atoms with Crippen LogP contribution >= 0.6 is 11.3 Å². The molecule has 1 unspecified atom stereocenters. The summed E-state index contributed by atoms with van der Waals surface area (Å²) in [6, 6.07) is 22.5. The molecule has 31 heavy (non-hydrogen) atoms. The van der Waals surface area contributed by atoms with Gasteiger partial charge in [0, 0.05) is 0 Å². The van der Waals surface area contributed by atoms with Crippen LogP contribution in [-0.2, 0) is 16.4 Å². The fraction of sp³-hybridized carbons (Fsp3) is 0.130. The molecule has 6 nitrogen and oxygen atoms in total. The van der Waals surface area contributed by atoms with E-state index in [2.05, 4.69) is 15.8 Å². The predicted molar refractivity (Wildman–Crippen MR) is 121 cm³/mol. The standard InChI is InChI=1S/C23H19N3O3S2/c1-29-18-10-11-20-22(14-18)30-23(25-20)21(13-16-6-5-7-17(12-16)15-24)26-31(27,28)19-8-3-2-4-9-19/h2-12,14,21,26H,13H2,1H3. The second-order valence-electron chi connectivity index (χ2n) is 6.89. The van der Waals surface area contributed by atoms with Gasteiger partial charge >= 0.3 is 0 Å². The number of hydrogen-bond acceptors (Lipinski definition) is 6. The topological polar surface area (TPSA) is 92.1 Å². The van der Waals surface area contributed by atoms with E-state index in [-0.39, 0.29) is 4.90 Å². The molecular formula is C23H19N3O3S2. The second-order valence-corrected chi connectivity index (χ2v) is 9.67. The number of thiazole rings is 1. The number of fused-ring (bicyclic) bond motifs is 1. The van der Waals surface area contributed by atoms with E-state index in [0.29, 0.717) is 22.7 Å². The molecule has 0 aliphatic rings.